The summed E-state index contributed by atoms with van der Waals surface area (Å²) in [4.78, 5) is 23.6. The van der Waals surface area contributed by atoms with Crippen molar-refractivity contribution in [2.45, 2.75) is 90.4 Å². The Morgan fingerprint density at radius 1 is 0.432 bits per heavy atom. The molecule has 254 valence electrons. The first-order valence-corrected chi connectivity index (χ1v) is 17.0. The van der Waals surface area contributed by atoms with E-state index in [1.165, 1.54) is 77.0 Å². The molecule has 0 atom stereocenters. The van der Waals surface area contributed by atoms with Gasteiger partial charge in [-0.1, -0.05) is 114 Å². The van der Waals surface area contributed by atoms with Gasteiger partial charge in [-0.3, -0.25) is 4.79 Å². The van der Waals surface area contributed by atoms with E-state index in [2.05, 4.69) is 6.92 Å². The zero-order valence-electron chi connectivity index (χ0n) is 27.4. The minimum atomic E-state index is -0.884. The first-order valence-electron chi connectivity index (χ1n) is 17.0. The fraction of sp³-hybridized carbons (Fsp3) is 0.771. The molecule has 0 saturated carbocycles. The SMILES string of the molecule is CCCCCCCCCCCCCCCOCCOCCOCCOCCOCCOCCOC(=O)C(=O)c1ccccc1. The topological polar surface area (TPSA) is 98.8 Å². The fourth-order valence-corrected chi connectivity index (χ4v) is 4.39. The van der Waals surface area contributed by atoms with Crippen LogP contribution >= 0.6 is 0 Å². The fourth-order valence-electron chi connectivity index (χ4n) is 4.39. The second kappa shape index (κ2) is 32.5. The maximum Gasteiger partial charge on any atom is 0.379 e. The minimum Gasteiger partial charge on any atom is -0.457 e. The maximum atomic E-state index is 11.9. The van der Waals surface area contributed by atoms with Gasteiger partial charge in [-0.05, 0) is 6.42 Å². The molecule has 0 spiro atoms. The summed E-state index contributed by atoms with van der Waals surface area (Å²) < 4.78 is 37.8. The van der Waals surface area contributed by atoms with Crippen molar-refractivity contribution in [1.82, 2.24) is 0 Å². The molecular formula is C35H60O9. The van der Waals surface area contributed by atoms with E-state index in [9.17, 15) is 9.59 Å². The van der Waals surface area contributed by atoms with E-state index >= 15 is 0 Å². The molecule has 0 amide bonds. The van der Waals surface area contributed by atoms with Crippen molar-refractivity contribution in [2.24, 2.45) is 0 Å². The predicted octanol–water partition coefficient (Wildman–Crippen LogP) is 6.60. The highest BCUT2D eigenvalue weighted by Gasteiger charge is 2.17. The Labute approximate surface area is 266 Å². The average Bonchev–Trinajstić information content (AvgIpc) is 3.05. The second-order valence-corrected chi connectivity index (χ2v) is 10.7. The minimum absolute atomic E-state index is 0.0128. The molecule has 0 aromatic heterocycles. The van der Waals surface area contributed by atoms with Gasteiger partial charge in [-0.25, -0.2) is 4.79 Å². The molecule has 1 aromatic carbocycles. The van der Waals surface area contributed by atoms with Crippen molar-refractivity contribution >= 4 is 11.8 Å². The number of carbonyl (C=O) groups is 2. The van der Waals surface area contributed by atoms with Crippen LogP contribution in [0.15, 0.2) is 30.3 Å². The van der Waals surface area contributed by atoms with E-state index in [1.54, 1.807) is 30.3 Å². The Morgan fingerprint density at radius 3 is 1.18 bits per heavy atom. The van der Waals surface area contributed by atoms with Crippen molar-refractivity contribution in [1.29, 1.82) is 0 Å². The van der Waals surface area contributed by atoms with Crippen molar-refractivity contribution in [3.05, 3.63) is 35.9 Å². The number of rotatable bonds is 34. The van der Waals surface area contributed by atoms with Crippen LogP contribution in [0.3, 0.4) is 0 Å². The van der Waals surface area contributed by atoms with E-state index in [4.69, 9.17) is 33.2 Å². The molecule has 0 aliphatic carbocycles. The molecule has 0 N–H and O–H groups in total. The van der Waals surface area contributed by atoms with Gasteiger partial charge in [0.15, 0.2) is 0 Å². The standard InChI is InChI=1S/C35H60O9/c1-2-3-4-5-6-7-8-9-10-11-12-13-17-20-38-21-22-39-23-24-40-25-26-41-27-28-42-29-30-43-31-32-44-35(37)34(36)33-18-15-14-16-19-33/h14-16,18-19H,2-13,17,20-32H2,1H3. The lowest BCUT2D eigenvalue weighted by molar-refractivity contribution is -0.139. The Hall–Kier alpha value is -1.88. The molecule has 0 saturated heterocycles. The lowest BCUT2D eigenvalue weighted by Gasteiger charge is -2.08. The number of ketones is 1. The molecule has 0 radical (unpaired) electrons. The molecule has 0 heterocycles. The van der Waals surface area contributed by atoms with Gasteiger partial charge in [0.05, 0.1) is 72.7 Å². The zero-order chi connectivity index (χ0) is 31.6. The van der Waals surface area contributed by atoms with E-state index in [0.29, 0.717) is 71.6 Å². The lowest BCUT2D eigenvalue weighted by atomic mass is 10.0. The highest BCUT2D eigenvalue weighted by molar-refractivity contribution is 6.40. The molecule has 0 unspecified atom stereocenters. The lowest BCUT2D eigenvalue weighted by Crippen LogP contribution is -2.20. The predicted molar refractivity (Wildman–Crippen MR) is 172 cm³/mol. The Bertz CT molecular complexity index is 760. The quantitative estimate of drug-likeness (QED) is 0.0363. The first-order chi connectivity index (χ1) is 21.8. The van der Waals surface area contributed by atoms with Crippen LogP contribution in [0, 0.1) is 0 Å². The average molecular weight is 625 g/mol. The van der Waals surface area contributed by atoms with Crippen molar-refractivity contribution < 1.29 is 42.7 Å². The van der Waals surface area contributed by atoms with E-state index in [0.717, 1.165) is 13.0 Å². The van der Waals surface area contributed by atoms with Crippen molar-refractivity contribution in [2.75, 3.05) is 85.9 Å². The third-order valence-corrected chi connectivity index (χ3v) is 6.93. The van der Waals surface area contributed by atoms with Crippen molar-refractivity contribution in [3.63, 3.8) is 0 Å². The number of hydrogen-bond donors (Lipinski definition) is 0. The number of hydrogen-bond acceptors (Lipinski definition) is 9. The normalized spacial score (nSPS) is 11.2. The van der Waals surface area contributed by atoms with E-state index in [-0.39, 0.29) is 13.2 Å². The van der Waals surface area contributed by atoms with E-state index in [1.807, 2.05) is 0 Å². The van der Waals surface area contributed by atoms with Crippen LogP contribution in [0.5, 0.6) is 0 Å². The third kappa shape index (κ3) is 26.5. The maximum absolute atomic E-state index is 11.9. The smallest absolute Gasteiger partial charge is 0.379 e. The van der Waals surface area contributed by atoms with Gasteiger partial charge in [0, 0.05) is 12.2 Å². The Kier molecular flexibility index (Phi) is 29.7. The number of carbonyl (C=O) groups excluding carboxylic acids is 2. The van der Waals surface area contributed by atoms with Crippen LogP contribution in [0.4, 0.5) is 0 Å². The van der Waals surface area contributed by atoms with Crippen molar-refractivity contribution in [3.8, 4) is 0 Å². The van der Waals surface area contributed by atoms with Gasteiger partial charge in [-0.2, -0.15) is 0 Å². The van der Waals surface area contributed by atoms with Crippen LogP contribution in [0.2, 0.25) is 0 Å². The highest BCUT2D eigenvalue weighted by atomic mass is 16.6. The van der Waals surface area contributed by atoms with Crippen LogP contribution in [-0.4, -0.2) is 97.6 Å². The third-order valence-electron chi connectivity index (χ3n) is 6.93. The molecule has 9 nitrogen and oxygen atoms in total. The van der Waals surface area contributed by atoms with Gasteiger partial charge in [-0.15, -0.1) is 0 Å². The molecule has 0 aliphatic heterocycles. The summed E-state index contributed by atoms with van der Waals surface area (Å²) in [5.74, 6) is -1.55. The Morgan fingerprint density at radius 2 is 0.773 bits per heavy atom. The number of benzene rings is 1. The van der Waals surface area contributed by atoms with Crippen LogP contribution < -0.4 is 0 Å². The van der Waals surface area contributed by atoms with Gasteiger partial charge in [0.25, 0.3) is 5.78 Å². The monoisotopic (exact) mass is 624 g/mol. The summed E-state index contributed by atoms with van der Waals surface area (Å²) in [6, 6.07) is 8.30. The van der Waals surface area contributed by atoms with Gasteiger partial charge in [0.1, 0.15) is 6.61 Å². The highest BCUT2D eigenvalue weighted by Crippen LogP contribution is 2.12. The molecule has 0 bridgehead atoms. The van der Waals surface area contributed by atoms with Crippen LogP contribution in [-0.2, 0) is 38.0 Å². The summed E-state index contributed by atoms with van der Waals surface area (Å²) in [6.45, 7) is 8.30. The molecule has 1 aromatic rings. The number of unbranched alkanes of at least 4 members (excludes halogenated alkanes) is 12. The molecule has 0 aliphatic rings. The van der Waals surface area contributed by atoms with Crippen LogP contribution in [0.25, 0.3) is 0 Å². The number of Topliss-reactive ketones (excluding diaryl/α,β-unsaturated/α-hetero) is 1. The summed E-state index contributed by atoms with van der Waals surface area (Å²) in [7, 11) is 0. The van der Waals surface area contributed by atoms with Crippen LogP contribution in [0.1, 0.15) is 101 Å². The molecular weight excluding hydrogens is 564 g/mol. The Balaban J connectivity index is 1.67. The largest absolute Gasteiger partial charge is 0.457 e. The summed E-state index contributed by atoms with van der Waals surface area (Å²) >= 11 is 0. The molecule has 1 rings (SSSR count). The molecule has 0 fully saturated rings. The second-order valence-electron chi connectivity index (χ2n) is 10.7. The first kappa shape index (κ1) is 40.1. The van der Waals surface area contributed by atoms with Gasteiger partial charge in [0.2, 0.25) is 0 Å². The summed E-state index contributed by atoms with van der Waals surface area (Å²) in [6.07, 6.45) is 17.7. The number of ether oxygens (including phenoxy) is 7. The van der Waals surface area contributed by atoms with Gasteiger partial charge >= 0.3 is 5.97 Å². The van der Waals surface area contributed by atoms with Gasteiger partial charge < -0.3 is 33.2 Å². The molecule has 44 heavy (non-hydrogen) atoms. The summed E-state index contributed by atoms with van der Waals surface area (Å²) in [5.41, 5.74) is 0.307. The zero-order valence-corrected chi connectivity index (χ0v) is 27.4. The van der Waals surface area contributed by atoms with E-state index < -0.39 is 11.8 Å². The number of esters is 1. The summed E-state index contributed by atoms with van der Waals surface area (Å²) in [5, 5.41) is 0. The molecule has 9 heteroatoms.